The molecule has 0 saturated carbocycles. The van der Waals surface area contributed by atoms with E-state index < -0.39 is 11.7 Å². The van der Waals surface area contributed by atoms with Crippen LogP contribution in [0.2, 0.25) is 5.02 Å². The molecule has 0 radical (unpaired) electrons. The molecule has 0 bridgehead atoms. The number of benzene rings is 1. The van der Waals surface area contributed by atoms with Crippen molar-refractivity contribution in [2.24, 2.45) is 7.05 Å². The number of aromatic nitrogens is 2. The molecule has 2 rings (SSSR count). The first-order valence-electron chi connectivity index (χ1n) is 5.78. The Morgan fingerprint density at radius 3 is 2.95 bits per heavy atom. The number of carbonyl (C=O) groups is 1. The quantitative estimate of drug-likeness (QED) is 0.934. The second-order valence-corrected chi connectivity index (χ2v) is 4.55. The molecule has 4 nitrogen and oxygen atoms in total. The van der Waals surface area contributed by atoms with Crippen molar-refractivity contribution in [2.75, 3.05) is 6.54 Å². The number of amides is 1. The van der Waals surface area contributed by atoms with Gasteiger partial charge in [0.2, 0.25) is 0 Å². The van der Waals surface area contributed by atoms with E-state index in [1.54, 1.807) is 4.68 Å². The molecule has 100 valence electrons. The minimum absolute atomic E-state index is 0.0477. The Morgan fingerprint density at radius 2 is 2.26 bits per heavy atom. The highest BCUT2D eigenvalue weighted by molar-refractivity contribution is 6.30. The molecule has 0 spiro atoms. The van der Waals surface area contributed by atoms with Crippen molar-refractivity contribution >= 4 is 17.5 Å². The topological polar surface area (TPSA) is 46.9 Å². The number of nitrogens with one attached hydrogen (secondary N) is 1. The largest absolute Gasteiger partial charge is 0.352 e. The van der Waals surface area contributed by atoms with E-state index in [4.69, 9.17) is 11.6 Å². The summed E-state index contributed by atoms with van der Waals surface area (Å²) in [6.45, 7) is 0.391. The lowest BCUT2D eigenvalue weighted by Gasteiger charge is -2.05. The SMILES string of the molecule is Cn1ccc(CCNC(=O)c2cc(Cl)ccc2F)n1. The Labute approximate surface area is 115 Å². The zero-order chi connectivity index (χ0) is 13.8. The molecular weight excluding hydrogens is 269 g/mol. The first-order valence-corrected chi connectivity index (χ1v) is 6.16. The molecule has 1 aromatic carbocycles. The van der Waals surface area contributed by atoms with Crippen LogP contribution in [0.4, 0.5) is 4.39 Å². The number of aryl methyl sites for hydroxylation is 1. The van der Waals surface area contributed by atoms with Crippen LogP contribution in [0.25, 0.3) is 0 Å². The average molecular weight is 282 g/mol. The first-order chi connectivity index (χ1) is 9.06. The van der Waals surface area contributed by atoms with Crippen molar-refractivity contribution in [1.82, 2.24) is 15.1 Å². The van der Waals surface area contributed by atoms with Crippen molar-refractivity contribution < 1.29 is 9.18 Å². The number of halogens is 2. The van der Waals surface area contributed by atoms with E-state index in [0.717, 1.165) is 5.69 Å². The van der Waals surface area contributed by atoms with Gasteiger partial charge >= 0.3 is 0 Å². The van der Waals surface area contributed by atoms with Crippen LogP contribution in [0.3, 0.4) is 0 Å². The molecule has 0 unspecified atom stereocenters. The van der Waals surface area contributed by atoms with Gasteiger partial charge in [0.1, 0.15) is 5.82 Å². The van der Waals surface area contributed by atoms with Crippen molar-refractivity contribution in [3.05, 3.63) is 52.6 Å². The Morgan fingerprint density at radius 1 is 1.47 bits per heavy atom. The van der Waals surface area contributed by atoms with Crippen molar-refractivity contribution in [1.29, 1.82) is 0 Å². The Bertz CT molecular complexity index is 597. The van der Waals surface area contributed by atoms with E-state index >= 15 is 0 Å². The Balaban J connectivity index is 1.92. The van der Waals surface area contributed by atoms with E-state index in [2.05, 4.69) is 10.4 Å². The van der Waals surface area contributed by atoms with Crippen LogP contribution >= 0.6 is 11.6 Å². The number of carbonyl (C=O) groups excluding carboxylic acids is 1. The Kier molecular flexibility index (Phi) is 4.16. The van der Waals surface area contributed by atoms with Gasteiger partial charge in [-0.15, -0.1) is 0 Å². The molecule has 1 aromatic heterocycles. The van der Waals surface area contributed by atoms with Gasteiger partial charge in [-0.2, -0.15) is 5.10 Å². The maximum Gasteiger partial charge on any atom is 0.254 e. The fourth-order valence-corrected chi connectivity index (χ4v) is 1.84. The van der Waals surface area contributed by atoms with E-state index in [9.17, 15) is 9.18 Å². The van der Waals surface area contributed by atoms with Gasteiger partial charge in [0, 0.05) is 31.2 Å². The third kappa shape index (κ3) is 3.54. The second-order valence-electron chi connectivity index (χ2n) is 4.11. The van der Waals surface area contributed by atoms with Crippen molar-refractivity contribution in [3.8, 4) is 0 Å². The molecule has 19 heavy (non-hydrogen) atoms. The highest BCUT2D eigenvalue weighted by atomic mass is 35.5. The lowest BCUT2D eigenvalue weighted by Crippen LogP contribution is -2.26. The molecule has 1 N–H and O–H groups in total. The number of hydrogen-bond acceptors (Lipinski definition) is 2. The molecule has 0 aliphatic carbocycles. The van der Waals surface area contributed by atoms with Gasteiger partial charge < -0.3 is 5.32 Å². The fourth-order valence-electron chi connectivity index (χ4n) is 1.67. The summed E-state index contributed by atoms with van der Waals surface area (Å²) < 4.78 is 15.1. The minimum atomic E-state index is -0.584. The van der Waals surface area contributed by atoms with Crippen LogP contribution in [-0.4, -0.2) is 22.2 Å². The van der Waals surface area contributed by atoms with Crippen LogP contribution in [0.1, 0.15) is 16.1 Å². The Hall–Kier alpha value is -1.88. The van der Waals surface area contributed by atoms with Gasteiger partial charge in [-0.1, -0.05) is 11.6 Å². The zero-order valence-electron chi connectivity index (χ0n) is 10.4. The summed E-state index contributed by atoms with van der Waals surface area (Å²) >= 11 is 5.73. The van der Waals surface area contributed by atoms with Crippen LogP contribution in [0.5, 0.6) is 0 Å². The lowest BCUT2D eigenvalue weighted by molar-refractivity contribution is 0.0950. The summed E-state index contributed by atoms with van der Waals surface area (Å²) in [5, 5.41) is 7.15. The summed E-state index contributed by atoms with van der Waals surface area (Å²) in [4.78, 5) is 11.8. The molecule has 0 fully saturated rings. The van der Waals surface area contributed by atoms with Crippen LogP contribution in [0.15, 0.2) is 30.5 Å². The molecular formula is C13H13ClFN3O. The normalized spacial score (nSPS) is 10.5. The first kappa shape index (κ1) is 13.5. The minimum Gasteiger partial charge on any atom is -0.352 e. The third-order valence-corrected chi connectivity index (χ3v) is 2.84. The maximum atomic E-state index is 13.4. The predicted molar refractivity (Wildman–Crippen MR) is 70.7 cm³/mol. The molecule has 0 saturated heterocycles. The van der Waals surface area contributed by atoms with E-state index in [-0.39, 0.29) is 5.56 Å². The third-order valence-electron chi connectivity index (χ3n) is 2.61. The number of rotatable bonds is 4. The smallest absolute Gasteiger partial charge is 0.254 e. The zero-order valence-corrected chi connectivity index (χ0v) is 11.1. The van der Waals surface area contributed by atoms with Crippen LogP contribution < -0.4 is 5.32 Å². The number of nitrogens with zero attached hydrogens (tertiary/aromatic N) is 2. The van der Waals surface area contributed by atoms with Gasteiger partial charge in [-0.3, -0.25) is 9.48 Å². The summed E-state index contributed by atoms with van der Waals surface area (Å²) in [6.07, 6.45) is 2.42. The lowest BCUT2D eigenvalue weighted by atomic mass is 10.2. The summed E-state index contributed by atoms with van der Waals surface area (Å²) in [7, 11) is 1.82. The second kappa shape index (κ2) is 5.84. The number of hydrogen-bond donors (Lipinski definition) is 1. The molecule has 0 atom stereocenters. The monoisotopic (exact) mass is 281 g/mol. The highest BCUT2D eigenvalue weighted by Gasteiger charge is 2.11. The summed E-state index contributed by atoms with van der Waals surface area (Å²) in [5.74, 6) is -1.06. The van der Waals surface area contributed by atoms with E-state index in [1.165, 1.54) is 18.2 Å². The standard InChI is InChI=1S/C13H13ClFN3O/c1-18-7-5-10(17-18)4-6-16-13(19)11-8-9(14)2-3-12(11)15/h2-3,5,7-8H,4,6H2,1H3,(H,16,19). The summed E-state index contributed by atoms with van der Waals surface area (Å²) in [6, 6.07) is 5.76. The molecule has 6 heteroatoms. The molecule has 0 aliphatic heterocycles. The van der Waals surface area contributed by atoms with Crippen molar-refractivity contribution in [3.63, 3.8) is 0 Å². The van der Waals surface area contributed by atoms with Gasteiger partial charge in [0.05, 0.1) is 11.3 Å². The van der Waals surface area contributed by atoms with Gasteiger partial charge in [0.15, 0.2) is 0 Å². The van der Waals surface area contributed by atoms with Crippen molar-refractivity contribution in [2.45, 2.75) is 6.42 Å². The van der Waals surface area contributed by atoms with E-state index in [1.807, 2.05) is 19.3 Å². The molecule has 1 heterocycles. The van der Waals surface area contributed by atoms with E-state index in [0.29, 0.717) is 18.0 Å². The maximum absolute atomic E-state index is 13.4. The van der Waals surface area contributed by atoms with Gasteiger partial charge in [-0.05, 0) is 24.3 Å². The highest BCUT2D eigenvalue weighted by Crippen LogP contribution is 2.14. The molecule has 0 aliphatic rings. The summed E-state index contributed by atoms with van der Waals surface area (Å²) in [5.41, 5.74) is 0.822. The fraction of sp³-hybridized carbons (Fsp3) is 0.231. The predicted octanol–water partition coefficient (Wildman–Crippen LogP) is 2.19. The van der Waals surface area contributed by atoms with Gasteiger partial charge in [0.25, 0.3) is 5.91 Å². The molecule has 2 aromatic rings. The molecule has 1 amide bonds. The van der Waals surface area contributed by atoms with Gasteiger partial charge in [-0.25, -0.2) is 4.39 Å². The average Bonchev–Trinajstić information content (AvgIpc) is 2.78. The van der Waals surface area contributed by atoms with Crippen LogP contribution in [-0.2, 0) is 13.5 Å². The van der Waals surface area contributed by atoms with Crippen LogP contribution in [0, 0.1) is 5.82 Å².